The fourth-order valence-electron chi connectivity index (χ4n) is 2.60. The van der Waals surface area contributed by atoms with Crippen molar-refractivity contribution in [1.29, 1.82) is 0 Å². The molecule has 28 heavy (non-hydrogen) atoms. The first-order valence-electron chi connectivity index (χ1n) is 8.57. The largest absolute Gasteiger partial charge is 0.497 e. The molecule has 2 N–H and O–H groups in total. The van der Waals surface area contributed by atoms with Crippen LogP contribution in [0.2, 0.25) is 5.02 Å². The van der Waals surface area contributed by atoms with Crippen LogP contribution in [0.1, 0.15) is 16.1 Å². The minimum Gasteiger partial charge on any atom is -0.497 e. The summed E-state index contributed by atoms with van der Waals surface area (Å²) in [7, 11) is 3.10. The third-order valence-corrected chi connectivity index (χ3v) is 4.46. The third kappa shape index (κ3) is 4.72. The Hall–Kier alpha value is -3.25. The van der Waals surface area contributed by atoms with E-state index in [1.807, 2.05) is 24.3 Å². The molecule has 1 aromatic heterocycles. The lowest BCUT2D eigenvalue weighted by atomic mass is 10.2. The number of carbonyl (C=O) groups is 1. The van der Waals surface area contributed by atoms with E-state index in [4.69, 9.17) is 21.1 Å². The molecule has 1 amide bonds. The van der Waals surface area contributed by atoms with Crippen molar-refractivity contribution in [2.75, 3.05) is 24.9 Å². The summed E-state index contributed by atoms with van der Waals surface area (Å²) in [5.41, 5.74) is 2.50. The summed E-state index contributed by atoms with van der Waals surface area (Å²) in [5.74, 6) is 0.786. The van der Waals surface area contributed by atoms with Gasteiger partial charge in [-0.2, -0.15) is 0 Å². The molecule has 7 heteroatoms. The number of rotatable bonds is 7. The number of carbonyl (C=O) groups excluding carboxylic acids is 1. The van der Waals surface area contributed by atoms with Gasteiger partial charge in [-0.3, -0.25) is 9.78 Å². The summed E-state index contributed by atoms with van der Waals surface area (Å²) >= 11 is 6.18. The maximum absolute atomic E-state index is 12.6. The zero-order valence-corrected chi connectivity index (χ0v) is 16.3. The van der Waals surface area contributed by atoms with Crippen molar-refractivity contribution in [2.24, 2.45) is 0 Å². The van der Waals surface area contributed by atoms with E-state index in [1.165, 1.54) is 7.11 Å². The average Bonchev–Trinajstić information content (AvgIpc) is 2.73. The van der Waals surface area contributed by atoms with Crippen LogP contribution in [0.3, 0.4) is 0 Å². The summed E-state index contributed by atoms with van der Waals surface area (Å²) < 4.78 is 10.5. The lowest BCUT2D eigenvalue weighted by Gasteiger charge is -2.12. The number of aromatic nitrogens is 1. The molecule has 0 aliphatic carbocycles. The van der Waals surface area contributed by atoms with Gasteiger partial charge in [-0.1, -0.05) is 29.8 Å². The van der Waals surface area contributed by atoms with Crippen LogP contribution in [0.4, 0.5) is 11.4 Å². The first-order valence-corrected chi connectivity index (χ1v) is 8.95. The van der Waals surface area contributed by atoms with Crippen molar-refractivity contribution in [3.8, 4) is 11.5 Å². The maximum Gasteiger partial charge on any atom is 0.274 e. The second-order valence-corrected chi connectivity index (χ2v) is 6.30. The van der Waals surface area contributed by atoms with Crippen molar-refractivity contribution in [3.05, 3.63) is 77.1 Å². The zero-order valence-electron chi connectivity index (χ0n) is 15.5. The number of benzene rings is 2. The number of halogens is 1. The zero-order chi connectivity index (χ0) is 19.9. The number of methoxy groups -OCH3 is 2. The van der Waals surface area contributed by atoms with Gasteiger partial charge < -0.3 is 20.1 Å². The van der Waals surface area contributed by atoms with Crippen LogP contribution in [-0.2, 0) is 6.54 Å². The van der Waals surface area contributed by atoms with Gasteiger partial charge in [0.1, 0.15) is 17.2 Å². The molecule has 0 saturated carbocycles. The summed E-state index contributed by atoms with van der Waals surface area (Å²) in [5, 5.41) is 6.75. The quantitative estimate of drug-likeness (QED) is 0.608. The van der Waals surface area contributed by atoms with Crippen molar-refractivity contribution in [3.63, 3.8) is 0 Å². The number of hydrogen-bond acceptors (Lipinski definition) is 5. The lowest BCUT2D eigenvalue weighted by molar-refractivity contribution is 0.102. The molecule has 3 aromatic rings. The topological polar surface area (TPSA) is 72.5 Å². The van der Waals surface area contributed by atoms with E-state index in [2.05, 4.69) is 15.6 Å². The Morgan fingerprint density at radius 3 is 2.64 bits per heavy atom. The molecule has 0 fully saturated rings. The van der Waals surface area contributed by atoms with E-state index in [0.717, 1.165) is 11.3 Å². The minimum absolute atomic E-state index is 0.272. The van der Waals surface area contributed by atoms with E-state index in [-0.39, 0.29) is 11.6 Å². The van der Waals surface area contributed by atoms with Gasteiger partial charge >= 0.3 is 0 Å². The number of anilines is 2. The number of hydrogen-bond donors (Lipinski definition) is 2. The summed E-state index contributed by atoms with van der Waals surface area (Å²) in [6.45, 7) is 0.536. The Bertz CT molecular complexity index is 979. The van der Waals surface area contributed by atoms with Crippen LogP contribution in [0.15, 0.2) is 60.8 Å². The smallest absolute Gasteiger partial charge is 0.274 e. The highest BCUT2D eigenvalue weighted by atomic mass is 35.5. The first kappa shape index (κ1) is 19.5. The number of pyridine rings is 1. The Morgan fingerprint density at radius 1 is 1.07 bits per heavy atom. The second-order valence-electron chi connectivity index (χ2n) is 5.90. The van der Waals surface area contributed by atoms with E-state index >= 15 is 0 Å². The molecular formula is C21H20ClN3O3. The predicted molar refractivity (Wildman–Crippen MR) is 111 cm³/mol. The first-order chi connectivity index (χ1) is 13.6. The molecule has 0 radical (unpaired) electrons. The van der Waals surface area contributed by atoms with E-state index in [0.29, 0.717) is 28.8 Å². The Labute approximate surface area is 168 Å². The van der Waals surface area contributed by atoms with Gasteiger partial charge in [0.25, 0.3) is 5.91 Å². The van der Waals surface area contributed by atoms with Crippen LogP contribution in [-0.4, -0.2) is 25.1 Å². The van der Waals surface area contributed by atoms with Crippen molar-refractivity contribution in [1.82, 2.24) is 4.98 Å². The lowest BCUT2D eigenvalue weighted by Crippen LogP contribution is -2.15. The predicted octanol–water partition coefficient (Wildman–Crippen LogP) is 4.62. The van der Waals surface area contributed by atoms with Crippen LogP contribution in [0.25, 0.3) is 0 Å². The van der Waals surface area contributed by atoms with Crippen LogP contribution >= 0.6 is 11.6 Å². The highest BCUT2D eigenvalue weighted by Crippen LogP contribution is 2.29. The molecule has 0 atom stereocenters. The molecular weight excluding hydrogens is 378 g/mol. The molecule has 1 heterocycles. The van der Waals surface area contributed by atoms with E-state index < -0.39 is 0 Å². The van der Waals surface area contributed by atoms with E-state index in [9.17, 15) is 4.79 Å². The maximum atomic E-state index is 12.6. The Balaban J connectivity index is 1.73. The van der Waals surface area contributed by atoms with Gasteiger partial charge in [-0.25, -0.2) is 0 Å². The van der Waals surface area contributed by atoms with Gasteiger partial charge in [0, 0.05) is 29.5 Å². The Morgan fingerprint density at radius 2 is 1.89 bits per heavy atom. The monoisotopic (exact) mass is 397 g/mol. The molecule has 6 nitrogen and oxygen atoms in total. The molecule has 3 rings (SSSR count). The fourth-order valence-corrected chi connectivity index (χ4v) is 2.80. The summed E-state index contributed by atoms with van der Waals surface area (Å²) in [6, 6.07) is 16.2. The third-order valence-electron chi connectivity index (χ3n) is 4.09. The minimum atomic E-state index is -0.354. The molecule has 0 aliphatic heterocycles. The molecule has 2 aromatic carbocycles. The fraction of sp³-hybridized carbons (Fsp3) is 0.143. The average molecular weight is 398 g/mol. The molecule has 0 unspecified atom stereocenters. The van der Waals surface area contributed by atoms with Gasteiger partial charge in [-0.05, 0) is 35.9 Å². The Kier molecular flexibility index (Phi) is 6.34. The normalized spacial score (nSPS) is 10.2. The molecule has 0 aliphatic rings. The summed E-state index contributed by atoms with van der Waals surface area (Å²) in [4.78, 5) is 16.8. The second kappa shape index (κ2) is 9.10. The van der Waals surface area contributed by atoms with Gasteiger partial charge in [0.15, 0.2) is 0 Å². The highest BCUT2D eigenvalue weighted by molar-refractivity contribution is 6.31. The summed E-state index contributed by atoms with van der Waals surface area (Å²) in [6.07, 6.45) is 1.58. The van der Waals surface area contributed by atoms with Gasteiger partial charge in [0.05, 0.1) is 19.9 Å². The van der Waals surface area contributed by atoms with Gasteiger partial charge in [0.2, 0.25) is 0 Å². The number of ether oxygens (including phenoxy) is 2. The number of nitrogens with one attached hydrogen (secondary N) is 2. The van der Waals surface area contributed by atoms with Crippen LogP contribution in [0.5, 0.6) is 11.5 Å². The standard InChI is InChI=1S/C21H20ClN3O3/c1-27-16-7-8-20(28-2)18(12-16)25-21(26)19-11-15(9-10-23-19)24-13-14-5-3-4-6-17(14)22/h3-12H,13H2,1-2H3,(H,23,24)(H,25,26). The molecule has 0 saturated heterocycles. The van der Waals surface area contributed by atoms with Crippen LogP contribution in [0, 0.1) is 0 Å². The molecule has 144 valence electrons. The molecule has 0 bridgehead atoms. The molecule has 0 spiro atoms. The number of nitrogens with zero attached hydrogens (tertiary/aromatic N) is 1. The SMILES string of the molecule is COc1ccc(OC)c(NC(=O)c2cc(NCc3ccccc3Cl)ccn2)c1. The number of amides is 1. The van der Waals surface area contributed by atoms with Crippen molar-refractivity contribution in [2.45, 2.75) is 6.54 Å². The van der Waals surface area contributed by atoms with Crippen LogP contribution < -0.4 is 20.1 Å². The van der Waals surface area contributed by atoms with E-state index in [1.54, 1.807) is 43.6 Å². The van der Waals surface area contributed by atoms with Crippen molar-refractivity contribution < 1.29 is 14.3 Å². The van der Waals surface area contributed by atoms with Gasteiger partial charge in [-0.15, -0.1) is 0 Å². The highest BCUT2D eigenvalue weighted by Gasteiger charge is 2.13. The van der Waals surface area contributed by atoms with Crippen molar-refractivity contribution >= 4 is 28.9 Å².